The average molecular weight is 253 g/mol. The van der Waals surface area contributed by atoms with Crippen LogP contribution in [0.15, 0.2) is 52.9 Å². The number of aromatic nitrogens is 2. The van der Waals surface area contributed by atoms with Gasteiger partial charge in [0.2, 0.25) is 0 Å². The first-order valence-corrected chi connectivity index (χ1v) is 6.24. The van der Waals surface area contributed by atoms with E-state index in [2.05, 4.69) is 22.2 Å². The van der Waals surface area contributed by atoms with Crippen LogP contribution in [0.25, 0.3) is 5.69 Å². The fourth-order valence-electron chi connectivity index (χ4n) is 2.02. The zero-order chi connectivity index (χ0) is 13.2. The Labute approximate surface area is 111 Å². The molecule has 0 spiro atoms. The monoisotopic (exact) mass is 253 g/mol. The molecule has 0 aliphatic carbocycles. The summed E-state index contributed by atoms with van der Waals surface area (Å²) in [5, 5.41) is 12.5. The topological polar surface area (TPSA) is 68.6 Å². The Hall–Kier alpha value is -2.43. The molecule has 0 bridgehead atoms. The number of benzene rings is 1. The minimum atomic E-state index is 0.229. The highest BCUT2D eigenvalue weighted by Crippen LogP contribution is 2.16. The van der Waals surface area contributed by atoms with E-state index in [4.69, 9.17) is 5.73 Å². The molecule has 1 unspecified atom stereocenters. The number of nitrogens with two attached hydrogens (primary N) is 1. The lowest BCUT2D eigenvalue weighted by atomic mass is 9.99. The Kier molecular flexibility index (Phi) is 2.87. The second kappa shape index (κ2) is 4.68. The van der Waals surface area contributed by atoms with Crippen LogP contribution in [-0.2, 0) is 0 Å². The summed E-state index contributed by atoms with van der Waals surface area (Å²) in [5.41, 5.74) is 8.69. The summed E-state index contributed by atoms with van der Waals surface area (Å²) >= 11 is 0. The summed E-state index contributed by atoms with van der Waals surface area (Å²) in [6.07, 6.45) is 4.59. The minimum absolute atomic E-state index is 0.229. The fourth-order valence-corrected chi connectivity index (χ4v) is 2.02. The van der Waals surface area contributed by atoms with Crippen molar-refractivity contribution < 1.29 is 0 Å². The van der Waals surface area contributed by atoms with Gasteiger partial charge >= 0.3 is 0 Å². The summed E-state index contributed by atoms with van der Waals surface area (Å²) in [7, 11) is 0. The standard InChI is InChI=1S/C14H15N5/c1-10-7-13(17-18-14(10)15)11-8-16-19(9-11)12-5-3-2-4-6-12/h2-6,8-10H,7H2,1H3,(H2,15,18). The largest absolute Gasteiger partial charge is 0.385 e. The molecule has 0 saturated carbocycles. The maximum Gasteiger partial charge on any atom is 0.125 e. The average Bonchev–Trinajstić information content (AvgIpc) is 2.93. The maximum absolute atomic E-state index is 5.74. The third-order valence-electron chi connectivity index (χ3n) is 3.23. The molecule has 5 heteroatoms. The molecule has 2 heterocycles. The van der Waals surface area contributed by atoms with Crippen LogP contribution in [-0.4, -0.2) is 21.3 Å². The third kappa shape index (κ3) is 2.27. The summed E-state index contributed by atoms with van der Waals surface area (Å²) in [6.45, 7) is 2.05. The molecule has 96 valence electrons. The van der Waals surface area contributed by atoms with Gasteiger partial charge < -0.3 is 5.73 Å². The number of para-hydroxylation sites is 1. The van der Waals surface area contributed by atoms with Gasteiger partial charge in [-0.25, -0.2) is 4.68 Å². The van der Waals surface area contributed by atoms with E-state index in [9.17, 15) is 0 Å². The fraction of sp³-hybridized carbons (Fsp3) is 0.214. The molecule has 0 amide bonds. The van der Waals surface area contributed by atoms with Gasteiger partial charge in [-0.2, -0.15) is 10.2 Å². The van der Waals surface area contributed by atoms with Crippen molar-refractivity contribution in [2.45, 2.75) is 13.3 Å². The number of hydrogen-bond acceptors (Lipinski definition) is 4. The van der Waals surface area contributed by atoms with Crippen LogP contribution in [0, 0.1) is 5.92 Å². The van der Waals surface area contributed by atoms with E-state index in [0.29, 0.717) is 5.84 Å². The summed E-state index contributed by atoms with van der Waals surface area (Å²) < 4.78 is 1.84. The number of amidine groups is 1. The molecule has 2 aromatic rings. The molecule has 0 fully saturated rings. The number of rotatable bonds is 2. The first kappa shape index (κ1) is 11.6. The van der Waals surface area contributed by atoms with E-state index >= 15 is 0 Å². The molecular weight excluding hydrogens is 238 g/mol. The molecule has 0 radical (unpaired) electrons. The summed E-state index contributed by atoms with van der Waals surface area (Å²) in [5.74, 6) is 0.826. The van der Waals surface area contributed by atoms with Crippen molar-refractivity contribution in [3.63, 3.8) is 0 Å². The van der Waals surface area contributed by atoms with E-state index in [0.717, 1.165) is 23.4 Å². The van der Waals surface area contributed by atoms with Crippen molar-refractivity contribution in [2.24, 2.45) is 21.9 Å². The van der Waals surface area contributed by atoms with Crippen molar-refractivity contribution in [3.05, 3.63) is 48.3 Å². The quantitative estimate of drug-likeness (QED) is 0.889. The molecule has 1 aromatic heterocycles. The summed E-state index contributed by atoms with van der Waals surface area (Å²) in [6, 6.07) is 9.98. The van der Waals surface area contributed by atoms with Gasteiger partial charge in [-0.1, -0.05) is 25.1 Å². The normalized spacial score (nSPS) is 18.9. The van der Waals surface area contributed by atoms with Crippen molar-refractivity contribution in [3.8, 4) is 5.69 Å². The van der Waals surface area contributed by atoms with E-state index in [1.165, 1.54) is 0 Å². The van der Waals surface area contributed by atoms with Crippen molar-refractivity contribution in [1.29, 1.82) is 0 Å². The molecule has 19 heavy (non-hydrogen) atoms. The molecular formula is C14H15N5. The van der Waals surface area contributed by atoms with Crippen molar-refractivity contribution in [2.75, 3.05) is 0 Å². The van der Waals surface area contributed by atoms with Gasteiger partial charge in [0, 0.05) is 24.1 Å². The molecule has 1 aromatic carbocycles. The van der Waals surface area contributed by atoms with E-state index in [1.54, 1.807) is 0 Å². The highest BCUT2D eigenvalue weighted by Gasteiger charge is 2.18. The Balaban J connectivity index is 1.91. The first-order valence-electron chi connectivity index (χ1n) is 6.24. The highest BCUT2D eigenvalue weighted by molar-refractivity contribution is 6.04. The maximum atomic E-state index is 5.74. The first-order chi connectivity index (χ1) is 9.24. The molecule has 2 N–H and O–H groups in total. The Morgan fingerprint density at radius 2 is 2.00 bits per heavy atom. The highest BCUT2D eigenvalue weighted by atomic mass is 15.3. The number of hydrogen-bond donors (Lipinski definition) is 1. The molecule has 3 rings (SSSR count). The zero-order valence-corrected chi connectivity index (χ0v) is 10.7. The second-order valence-electron chi connectivity index (χ2n) is 4.69. The predicted octanol–water partition coefficient (Wildman–Crippen LogP) is 1.97. The van der Waals surface area contributed by atoms with Gasteiger partial charge in [-0.05, 0) is 12.1 Å². The van der Waals surface area contributed by atoms with Crippen LogP contribution in [0.4, 0.5) is 0 Å². The minimum Gasteiger partial charge on any atom is -0.385 e. The molecule has 1 aliphatic heterocycles. The van der Waals surface area contributed by atoms with Crippen LogP contribution in [0.2, 0.25) is 0 Å². The van der Waals surface area contributed by atoms with Crippen LogP contribution in [0.5, 0.6) is 0 Å². The molecule has 0 saturated heterocycles. The second-order valence-corrected chi connectivity index (χ2v) is 4.69. The molecule has 1 aliphatic rings. The van der Waals surface area contributed by atoms with Crippen LogP contribution >= 0.6 is 0 Å². The van der Waals surface area contributed by atoms with Crippen LogP contribution in [0.1, 0.15) is 18.9 Å². The van der Waals surface area contributed by atoms with E-state index in [-0.39, 0.29) is 5.92 Å². The SMILES string of the molecule is CC1CC(c2cnn(-c3ccccc3)c2)=NN=C1N. The zero-order valence-electron chi connectivity index (χ0n) is 10.7. The van der Waals surface area contributed by atoms with Gasteiger partial charge in [0.1, 0.15) is 5.84 Å². The Morgan fingerprint density at radius 3 is 2.74 bits per heavy atom. The van der Waals surface area contributed by atoms with Gasteiger partial charge in [-0.3, -0.25) is 0 Å². The Bertz CT molecular complexity index is 639. The lowest BCUT2D eigenvalue weighted by Crippen LogP contribution is -2.26. The van der Waals surface area contributed by atoms with Gasteiger partial charge in [-0.15, -0.1) is 5.10 Å². The lowest BCUT2D eigenvalue weighted by Gasteiger charge is -2.14. The van der Waals surface area contributed by atoms with E-state index in [1.807, 2.05) is 47.4 Å². The number of nitrogens with zero attached hydrogens (tertiary/aromatic N) is 4. The molecule has 5 nitrogen and oxygen atoms in total. The van der Waals surface area contributed by atoms with Crippen molar-refractivity contribution in [1.82, 2.24) is 9.78 Å². The predicted molar refractivity (Wildman–Crippen MR) is 75.5 cm³/mol. The smallest absolute Gasteiger partial charge is 0.125 e. The van der Waals surface area contributed by atoms with Gasteiger partial charge in [0.25, 0.3) is 0 Å². The van der Waals surface area contributed by atoms with Crippen LogP contribution in [0.3, 0.4) is 0 Å². The summed E-state index contributed by atoms with van der Waals surface area (Å²) in [4.78, 5) is 0. The van der Waals surface area contributed by atoms with Crippen LogP contribution < -0.4 is 5.73 Å². The third-order valence-corrected chi connectivity index (χ3v) is 3.23. The van der Waals surface area contributed by atoms with Gasteiger partial charge in [0.15, 0.2) is 0 Å². The Morgan fingerprint density at radius 1 is 1.21 bits per heavy atom. The molecule has 1 atom stereocenters. The lowest BCUT2D eigenvalue weighted by molar-refractivity contribution is 0.779. The van der Waals surface area contributed by atoms with E-state index < -0.39 is 0 Å². The van der Waals surface area contributed by atoms with Crippen molar-refractivity contribution >= 4 is 11.5 Å². The van der Waals surface area contributed by atoms with Gasteiger partial charge in [0.05, 0.1) is 17.6 Å².